The predicted octanol–water partition coefficient (Wildman–Crippen LogP) is -1.53. The summed E-state index contributed by atoms with van der Waals surface area (Å²) in [5.74, 6) is 0.397. The van der Waals surface area contributed by atoms with E-state index >= 15 is 0 Å². The standard InChI is InChI=1S/C21H32O11/c1-9(2)11-5-12(23)10(3)4-13(11)31-19-17(26)16(25)15(24)14(32-19)6-29-20-18(27)21(28,7-22)8-30-20/h4-5,9,14-20,22-28H,6-8H2,1-3H3/t14-,15-,16+,17-,18+,19-,20-,21-/m1/s1. The number of aliphatic hydroxyl groups is 6. The van der Waals surface area contributed by atoms with Crippen molar-refractivity contribution in [3.63, 3.8) is 0 Å². The molecule has 0 amide bonds. The van der Waals surface area contributed by atoms with Crippen LogP contribution >= 0.6 is 0 Å². The summed E-state index contributed by atoms with van der Waals surface area (Å²) in [7, 11) is 0. The summed E-state index contributed by atoms with van der Waals surface area (Å²) in [4.78, 5) is 0. The van der Waals surface area contributed by atoms with Crippen LogP contribution in [0.3, 0.4) is 0 Å². The van der Waals surface area contributed by atoms with Gasteiger partial charge >= 0.3 is 0 Å². The molecule has 0 saturated carbocycles. The van der Waals surface area contributed by atoms with Gasteiger partial charge in [-0.3, -0.25) is 0 Å². The molecule has 182 valence electrons. The molecule has 11 nitrogen and oxygen atoms in total. The van der Waals surface area contributed by atoms with Crippen LogP contribution in [-0.2, 0) is 14.2 Å². The number of aliphatic hydroxyl groups excluding tert-OH is 5. The summed E-state index contributed by atoms with van der Waals surface area (Å²) in [5, 5.41) is 70.3. The van der Waals surface area contributed by atoms with Gasteiger partial charge in [0.05, 0.1) is 19.8 Å². The third-order valence-corrected chi connectivity index (χ3v) is 5.87. The quantitative estimate of drug-likeness (QED) is 0.251. The zero-order valence-corrected chi connectivity index (χ0v) is 18.2. The van der Waals surface area contributed by atoms with E-state index < -0.39 is 55.3 Å². The van der Waals surface area contributed by atoms with Crippen LogP contribution in [-0.4, -0.2) is 104 Å². The number of aryl methyl sites for hydroxylation is 1. The molecule has 2 saturated heterocycles. The van der Waals surface area contributed by atoms with Gasteiger partial charge in [-0.05, 0) is 30.5 Å². The topological polar surface area (TPSA) is 179 Å². The van der Waals surface area contributed by atoms with Crippen LogP contribution in [0.15, 0.2) is 12.1 Å². The molecule has 0 aromatic heterocycles. The lowest BCUT2D eigenvalue weighted by Crippen LogP contribution is -2.60. The van der Waals surface area contributed by atoms with E-state index in [1.54, 1.807) is 19.1 Å². The van der Waals surface area contributed by atoms with Crippen LogP contribution in [0.1, 0.15) is 30.9 Å². The van der Waals surface area contributed by atoms with Crippen molar-refractivity contribution in [3.05, 3.63) is 23.3 Å². The average Bonchev–Trinajstić information content (AvgIpc) is 3.04. The van der Waals surface area contributed by atoms with Gasteiger partial charge in [-0.2, -0.15) is 0 Å². The SMILES string of the molecule is Cc1cc(O[C@@H]2O[C@H](CO[C@@H]3OC[C@](O)(CO)[C@H]3O)[C@@H](O)[C@H](O)[C@H]2O)c(C(C)C)cc1O. The minimum Gasteiger partial charge on any atom is -0.508 e. The number of phenols is 1. The average molecular weight is 460 g/mol. The van der Waals surface area contributed by atoms with Crippen molar-refractivity contribution >= 4 is 0 Å². The monoisotopic (exact) mass is 460 g/mol. The molecule has 1 aromatic rings. The van der Waals surface area contributed by atoms with E-state index in [0.29, 0.717) is 16.9 Å². The van der Waals surface area contributed by atoms with Crippen LogP contribution in [0.5, 0.6) is 11.5 Å². The second-order valence-electron chi connectivity index (χ2n) is 8.68. The Morgan fingerprint density at radius 2 is 1.78 bits per heavy atom. The van der Waals surface area contributed by atoms with Crippen molar-refractivity contribution < 1.29 is 54.7 Å². The lowest BCUT2D eigenvalue weighted by Gasteiger charge is -2.40. The largest absolute Gasteiger partial charge is 0.508 e. The fourth-order valence-corrected chi connectivity index (χ4v) is 3.64. The van der Waals surface area contributed by atoms with Gasteiger partial charge in [-0.25, -0.2) is 0 Å². The fraction of sp³-hybridized carbons (Fsp3) is 0.714. The molecular formula is C21H32O11. The lowest BCUT2D eigenvalue weighted by molar-refractivity contribution is -0.289. The second-order valence-corrected chi connectivity index (χ2v) is 8.68. The van der Waals surface area contributed by atoms with Gasteiger partial charge in [0.25, 0.3) is 0 Å². The maximum atomic E-state index is 10.4. The first-order valence-corrected chi connectivity index (χ1v) is 10.4. The molecule has 0 aliphatic carbocycles. The molecule has 7 N–H and O–H groups in total. The smallest absolute Gasteiger partial charge is 0.229 e. The Morgan fingerprint density at radius 3 is 2.38 bits per heavy atom. The van der Waals surface area contributed by atoms with Crippen LogP contribution in [0.25, 0.3) is 0 Å². The molecule has 32 heavy (non-hydrogen) atoms. The third kappa shape index (κ3) is 4.86. The first kappa shape index (κ1) is 25.1. The Bertz CT molecular complexity index is 787. The summed E-state index contributed by atoms with van der Waals surface area (Å²) in [6.07, 6.45) is -10.1. The summed E-state index contributed by atoms with van der Waals surface area (Å²) in [6.45, 7) is 4.01. The highest BCUT2D eigenvalue weighted by Gasteiger charge is 2.50. The molecule has 2 aliphatic heterocycles. The van der Waals surface area contributed by atoms with Crippen molar-refractivity contribution in [1.82, 2.24) is 0 Å². The highest BCUT2D eigenvalue weighted by molar-refractivity contribution is 5.46. The molecule has 11 heteroatoms. The first-order valence-electron chi connectivity index (χ1n) is 10.4. The number of ether oxygens (including phenoxy) is 4. The normalized spacial score (nSPS) is 37.8. The van der Waals surface area contributed by atoms with Crippen LogP contribution in [0.2, 0.25) is 0 Å². The Kier molecular flexibility index (Phi) is 7.65. The second kappa shape index (κ2) is 9.75. The van der Waals surface area contributed by atoms with Crippen molar-refractivity contribution in [2.45, 2.75) is 75.4 Å². The molecule has 8 atom stereocenters. The summed E-state index contributed by atoms with van der Waals surface area (Å²) >= 11 is 0. The highest BCUT2D eigenvalue weighted by atomic mass is 16.7. The first-order chi connectivity index (χ1) is 15.0. The molecular weight excluding hydrogens is 428 g/mol. The number of aromatic hydroxyl groups is 1. The third-order valence-electron chi connectivity index (χ3n) is 5.87. The molecule has 1 aromatic carbocycles. The predicted molar refractivity (Wildman–Crippen MR) is 108 cm³/mol. The van der Waals surface area contributed by atoms with E-state index in [0.717, 1.165) is 0 Å². The summed E-state index contributed by atoms with van der Waals surface area (Å²) in [5.41, 5.74) is -0.677. The van der Waals surface area contributed by atoms with Gasteiger partial charge in [0.2, 0.25) is 6.29 Å². The van der Waals surface area contributed by atoms with Crippen LogP contribution in [0, 0.1) is 6.92 Å². The van der Waals surface area contributed by atoms with Gasteiger partial charge in [0.15, 0.2) is 6.29 Å². The molecule has 3 rings (SSSR count). The number of rotatable bonds is 7. The Labute approximate surface area is 185 Å². The molecule has 2 fully saturated rings. The van der Waals surface area contributed by atoms with Crippen molar-refractivity contribution in [2.24, 2.45) is 0 Å². The van der Waals surface area contributed by atoms with Gasteiger partial charge < -0.3 is 54.7 Å². The van der Waals surface area contributed by atoms with Gasteiger partial charge in [-0.15, -0.1) is 0 Å². The summed E-state index contributed by atoms with van der Waals surface area (Å²) in [6, 6.07) is 3.14. The van der Waals surface area contributed by atoms with Crippen molar-refractivity contribution in [1.29, 1.82) is 0 Å². The number of phenolic OH excluding ortho intramolecular Hbond substituents is 1. The van der Waals surface area contributed by atoms with Crippen molar-refractivity contribution in [2.75, 3.05) is 19.8 Å². The molecule has 0 bridgehead atoms. The lowest BCUT2D eigenvalue weighted by atomic mass is 9.98. The van der Waals surface area contributed by atoms with E-state index in [1.807, 2.05) is 13.8 Å². The minimum atomic E-state index is -1.87. The minimum absolute atomic E-state index is 0.0295. The van der Waals surface area contributed by atoms with E-state index in [-0.39, 0.29) is 24.9 Å². The van der Waals surface area contributed by atoms with Gasteiger partial charge in [0, 0.05) is 5.56 Å². The highest BCUT2D eigenvalue weighted by Crippen LogP contribution is 2.35. The zero-order valence-electron chi connectivity index (χ0n) is 18.2. The number of benzene rings is 1. The Morgan fingerprint density at radius 1 is 1.09 bits per heavy atom. The zero-order chi connectivity index (χ0) is 23.8. The maximum Gasteiger partial charge on any atom is 0.229 e. The molecule has 0 unspecified atom stereocenters. The number of hydrogen-bond donors (Lipinski definition) is 7. The fourth-order valence-electron chi connectivity index (χ4n) is 3.64. The van der Waals surface area contributed by atoms with Crippen LogP contribution < -0.4 is 4.74 Å². The maximum absolute atomic E-state index is 10.4. The number of hydrogen-bond acceptors (Lipinski definition) is 11. The van der Waals surface area contributed by atoms with E-state index in [1.165, 1.54) is 0 Å². The molecule has 0 radical (unpaired) electrons. The molecule has 0 spiro atoms. The summed E-state index contributed by atoms with van der Waals surface area (Å²) < 4.78 is 22.0. The van der Waals surface area contributed by atoms with E-state index in [2.05, 4.69) is 0 Å². The van der Waals surface area contributed by atoms with Gasteiger partial charge in [-0.1, -0.05) is 13.8 Å². The Hall–Kier alpha value is -1.54. The van der Waals surface area contributed by atoms with Crippen LogP contribution in [0.4, 0.5) is 0 Å². The molecule has 2 aliphatic rings. The van der Waals surface area contributed by atoms with E-state index in [9.17, 15) is 35.7 Å². The molecule has 2 heterocycles. The van der Waals surface area contributed by atoms with Crippen molar-refractivity contribution in [3.8, 4) is 11.5 Å². The Balaban J connectivity index is 1.72. The van der Waals surface area contributed by atoms with Gasteiger partial charge in [0.1, 0.15) is 47.6 Å². The van der Waals surface area contributed by atoms with E-state index in [4.69, 9.17) is 18.9 Å².